The summed E-state index contributed by atoms with van der Waals surface area (Å²) in [6.07, 6.45) is 5.26. The molecule has 2 heterocycles. The fourth-order valence-corrected chi connectivity index (χ4v) is 2.43. The summed E-state index contributed by atoms with van der Waals surface area (Å²) in [5.74, 6) is -0.150. The van der Waals surface area contributed by atoms with Crippen molar-refractivity contribution < 1.29 is 18.3 Å². The second kappa shape index (κ2) is 5.75. The molecule has 0 unspecified atom stereocenters. The fraction of sp³-hybridized carbons (Fsp3) is 0.333. The third-order valence-electron chi connectivity index (χ3n) is 3.75. The van der Waals surface area contributed by atoms with E-state index in [-0.39, 0.29) is 17.7 Å². The number of hydrogen-bond donors (Lipinski definition) is 0. The number of ether oxygens (including phenoxy) is 1. The Morgan fingerprint density at radius 3 is 2.82 bits per heavy atom. The molecular formula is C15H15F2N3O2. The number of halogens is 2. The van der Waals surface area contributed by atoms with Gasteiger partial charge in [-0.3, -0.25) is 4.79 Å². The molecule has 0 radical (unpaired) electrons. The summed E-state index contributed by atoms with van der Waals surface area (Å²) in [5.41, 5.74) is 0.919. The van der Waals surface area contributed by atoms with Gasteiger partial charge in [0, 0.05) is 31.0 Å². The highest BCUT2D eigenvalue weighted by molar-refractivity contribution is 5.95. The third kappa shape index (κ3) is 2.79. The maximum atomic E-state index is 12.4. The van der Waals surface area contributed by atoms with Gasteiger partial charge >= 0.3 is 6.61 Å². The fourth-order valence-electron chi connectivity index (χ4n) is 2.43. The average Bonchev–Trinajstić information content (AvgIpc) is 2.92. The normalized spacial score (nSPS) is 15.0. The first kappa shape index (κ1) is 14.5. The van der Waals surface area contributed by atoms with Gasteiger partial charge in [-0.1, -0.05) is 6.07 Å². The molecule has 1 aromatic carbocycles. The van der Waals surface area contributed by atoms with Crippen LogP contribution in [0.2, 0.25) is 0 Å². The molecule has 116 valence electrons. The van der Waals surface area contributed by atoms with E-state index in [1.54, 1.807) is 36.5 Å². The molecule has 1 aliphatic heterocycles. The molecule has 1 amide bonds. The van der Waals surface area contributed by atoms with Gasteiger partial charge in [0.2, 0.25) is 0 Å². The molecule has 1 saturated heterocycles. The summed E-state index contributed by atoms with van der Waals surface area (Å²) < 4.78 is 31.1. The average molecular weight is 307 g/mol. The summed E-state index contributed by atoms with van der Waals surface area (Å²) in [6, 6.07) is 4.82. The Morgan fingerprint density at radius 2 is 2.18 bits per heavy atom. The Hall–Kier alpha value is -2.44. The topological polar surface area (TPSA) is 47.4 Å². The minimum Gasteiger partial charge on any atom is -0.435 e. The lowest BCUT2D eigenvalue weighted by atomic mass is 10.0. The Balaban J connectivity index is 1.68. The molecule has 5 nitrogen and oxygen atoms in total. The largest absolute Gasteiger partial charge is 0.435 e. The van der Waals surface area contributed by atoms with Crippen LogP contribution >= 0.6 is 0 Å². The molecule has 1 aromatic heterocycles. The molecule has 0 N–H and O–H groups in total. The minimum absolute atomic E-state index is 0.0348. The van der Waals surface area contributed by atoms with E-state index in [0.29, 0.717) is 24.2 Å². The first-order valence-corrected chi connectivity index (χ1v) is 6.87. The van der Waals surface area contributed by atoms with Crippen molar-refractivity contribution in [2.24, 2.45) is 0 Å². The van der Waals surface area contributed by atoms with Gasteiger partial charge in [-0.25, -0.2) is 4.98 Å². The van der Waals surface area contributed by atoms with E-state index < -0.39 is 6.61 Å². The lowest BCUT2D eigenvalue weighted by Crippen LogP contribution is -2.50. The van der Waals surface area contributed by atoms with Gasteiger partial charge in [0.15, 0.2) is 0 Å². The van der Waals surface area contributed by atoms with Crippen LogP contribution in [0.3, 0.4) is 0 Å². The molecule has 0 aliphatic carbocycles. The van der Waals surface area contributed by atoms with Crippen LogP contribution in [0.25, 0.3) is 0 Å². The van der Waals surface area contributed by atoms with E-state index in [2.05, 4.69) is 9.72 Å². The van der Waals surface area contributed by atoms with Crippen LogP contribution in [0.15, 0.2) is 36.9 Å². The molecule has 7 heteroatoms. The monoisotopic (exact) mass is 307 g/mol. The van der Waals surface area contributed by atoms with Crippen molar-refractivity contribution in [1.82, 2.24) is 14.5 Å². The second-order valence-corrected chi connectivity index (χ2v) is 5.23. The van der Waals surface area contributed by atoms with Gasteiger partial charge in [0.25, 0.3) is 5.91 Å². The Bertz CT molecular complexity index is 667. The standard InChI is InChI=1S/C15H15F2N3O2/c1-10-2-3-11(6-13(10)22-15(16)17)14(21)20-7-12(8-20)19-5-4-18-9-19/h2-6,9,12,15H,7-8H2,1H3. The van der Waals surface area contributed by atoms with Crippen LogP contribution in [0.4, 0.5) is 8.78 Å². The summed E-state index contributed by atoms with van der Waals surface area (Å²) in [5, 5.41) is 0. The molecule has 2 aromatic rings. The number of amides is 1. The number of carbonyl (C=O) groups excluding carboxylic acids is 1. The number of rotatable bonds is 4. The van der Waals surface area contributed by atoms with E-state index in [9.17, 15) is 13.6 Å². The predicted molar refractivity (Wildman–Crippen MR) is 75.0 cm³/mol. The van der Waals surface area contributed by atoms with E-state index in [4.69, 9.17) is 0 Å². The molecule has 0 bridgehead atoms. The van der Waals surface area contributed by atoms with Crippen LogP contribution < -0.4 is 4.74 Å². The molecule has 0 atom stereocenters. The van der Waals surface area contributed by atoms with Crippen molar-refractivity contribution in [3.05, 3.63) is 48.0 Å². The van der Waals surface area contributed by atoms with Gasteiger partial charge < -0.3 is 14.2 Å². The molecule has 1 aliphatic rings. The molecule has 22 heavy (non-hydrogen) atoms. The zero-order valence-electron chi connectivity index (χ0n) is 11.9. The van der Waals surface area contributed by atoms with Crippen molar-refractivity contribution in [3.8, 4) is 5.75 Å². The summed E-state index contributed by atoms with van der Waals surface area (Å²) in [6.45, 7) is -0.0916. The van der Waals surface area contributed by atoms with Gasteiger partial charge in [-0.15, -0.1) is 0 Å². The number of aryl methyl sites for hydroxylation is 1. The van der Waals surface area contributed by atoms with Crippen LogP contribution in [-0.4, -0.2) is 40.1 Å². The first-order valence-electron chi connectivity index (χ1n) is 6.87. The number of imidazole rings is 1. The van der Waals surface area contributed by atoms with Crippen molar-refractivity contribution in [2.75, 3.05) is 13.1 Å². The van der Waals surface area contributed by atoms with E-state index in [1.165, 1.54) is 6.07 Å². The Morgan fingerprint density at radius 1 is 1.41 bits per heavy atom. The third-order valence-corrected chi connectivity index (χ3v) is 3.75. The zero-order chi connectivity index (χ0) is 15.7. The van der Waals surface area contributed by atoms with Gasteiger partial charge in [-0.2, -0.15) is 8.78 Å². The number of nitrogens with zero attached hydrogens (tertiary/aromatic N) is 3. The molecule has 0 spiro atoms. The maximum Gasteiger partial charge on any atom is 0.387 e. The zero-order valence-corrected chi connectivity index (χ0v) is 11.9. The summed E-state index contributed by atoms with van der Waals surface area (Å²) in [4.78, 5) is 18.0. The quantitative estimate of drug-likeness (QED) is 0.872. The molecule has 3 rings (SSSR count). The number of alkyl halides is 2. The van der Waals surface area contributed by atoms with Gasteiger partial charge in [0.1, 0.15) is 5.75 Å². The highest BCUT2D eigenvalue weighted by Gasteiger charge is 2.32. The van der Waals surface area contributed by atoms with Crippen molar-refractivity contribution in [3.63, 3.8) is 0 Å². The van der Waals surface area contributed by atoms with Crippen LogP contribution in [0, 0.1) is 6.92 Å². The minimum atomic E-state index is -2.90. The van der Waals surface area contributed by atoms with Crippen LogP contribution in [0.5, 0.6) is 5.75 Å². The maximum absolute atomic E-state index is 12.4. The van der Waals surface area contributed by atoms with E-state index in [0.717, 1.165) is 0 Å². The number of hydrogen-bond acceptors (Lipinski definition) is 3. The number of likely N-dealkylation sites (tertiary alicyclic amines) is 1. The first-order chi connectivity index (χ1) is 10.5. The second-order valence-electron chi connectivity index (χ2n) is 5.23. The lowest BCUT2D eigenvalue weighted by Gasteiger charge is -2.39. The van der Waals surface area contributed by atoms with Gasteiger partial charge in [0.05, 0.1) is 12.4 Å². The van der Waals surface area contributed by atoms with E-state index >= 15 is 0 Å². The number of benzene rings is 1. The van der Waals surface area contributed by atoms with Crippen LogP contribution in [-0.2, 0) is 0 Å². The summed E-state index contributed by atoms with van der Waals surface area (Å²) in [7, 11) is 0. The van der Waals surface area contributed by atoms with Crippen LogP contribution in [0.1, 0.15) is 22.0 Å². The predicted octanol–water partition coefficient (Wildman–Crippen LogP) is 2.49. The highest BCUT2D eigenvalue weighted by Crippen LogP contribution is 2.26. The SMILES string of the molecule is Cc1ccc(C(=O)N2CC(n3ccnc3)C2)cc1OC(F)F. The van der Waals surface area contributed by atoms with E-state index in [1.807, 2.05) is 10.8 Å². The molecule has 1 fully saturated rings. The van der Waals surface area contributed by atoms with Gasteiger partial charge in [-0.05, 0) is 24.6 Å². The Labute approximate surface area is 126 Å². The number of carbonyl (C=O) groups is 1. The van der Waals surface area contributed by atoms with Crippen molar-refractivity contribution >= 4 is 5.91 Å². The van der Waals surface area contributed by atoms with Crippen molar-refractivity contribution in [2.45, 2.75) is 19.6 Å². The van der Waals surface area contributed by atoms with Crippen molar-refractivity contribution in [1.29, 1.82) is 0 Å². The number of aromatic nitrogens is 2. The lowest BCUT2D eigenvalue weighted by molar-refractivity contribution is -0.0503. The highest BCUT2D eigenvalue weighted by atomic mass is 19.3. The smallest absolute Gasteiger partial charge is 0.387 e. The molecular weight excluding hydrogens is 292 g/mol. The Kier molecular flexibility index (Phi) is 3.79. The molecule has 0 saturated carbocycles. The summed E-state index contributed by atoms with van der Waals surface area (Å²) >= 11 is 0.